The number of benzene rings is 2. The number of aryl methyl sites for hydroxylation is 1. The van der Waals surface area contributed by atoms with E-state index in [-0.39, 0.29) is 17.7 Å². The predicted molar refractivity (Wildman–Crippen MR) is 113 cm³/mol. The molecule has 1 fully saturated rings. The number of hydrogen-bond acceptors (Lipinski definition) is 2. The van der Waals surface area contributed by atoms with Crippen molar-refractivity contribution in [3.63, 3.8) is 0 Å². The van der Waals surface area contributed by atoms with Crippen LogP contribution in [0, 0.1) is 12.8 Å². The van der Waals surface area contributed by atoms with Crippen LogP contribution in [0.25, 0.3) is 0 Å². The molecule has 0 aliphatic carbocycles. The van der Waals surface area contributed by atoms with Gasteiger partial charge < -0.3 is 10.2 Å². The first kappa shape index (κ1) is 20.1. The molecule has 1 aliphatic heterocycles. The van der Waals surface area contributed by atoms with E-state index in [0.29, 0.717) is 25.4 Å². The highest BCUT2D eigenvalue weighted by Gasteiger charge is 2.27. The Morgan fingerprint density at radius 1 is 1.04 bits per heavy atom. The van der Waals surface area contributed by atoms with E-state index in [2.05, 4.69) is 31.3 Å². The van der Waals surface area contributed by atoms with E-state index in [9.17, 15) is 9.59 Å². The lowest BCUT2D eigenvalue weighted by molar-refractivity contribution is -0.133. The van der Waals surface area contributed by atoms with Crippen LogP contribution in [-0.4, -0.2) is 29.8 Å². The monoisotopic (exact) mass is 378 g/mol. The second-order valence-corrected chi connectivity index (χ2v) is 8.02. The van der Waals surface area contributed by atoms with Gasteiger partial charge in [-0.05, 0) is 54.5 Å². The lowest BCUT2D eigenvalue weighted by atomic mass is 9.95. The first-order valence-corrected chi connectivity index (χ1v) is 10.2. The van der Waals surface area contributed by atoms with Crippen molar-refractivity contribution in [1.82, 2.24) is 4.90 Å². The number of rotatable bonds is 5. The standard InChI is InChI=1S/C24H30N2O2/c1-17(2)19-8-10-22(11-9-19)25-24(28)20-12-14-26(15-13-20)23(27)16-21-7-5-4-6-18(21)3/h4-11,17,20H,12-16H2,1-3H3,(H,25,28). The van der Waals surface area contributed by atoms with E-state index >= 15 is 0 Å². The van der Waals surface area contributed by atoms with E-state index in [0.717, 1.165) is 29.7 Å². The number of piperidine rings is 1. The van der Waals surface area contributed by atoms with Crippen molar-refractivity contribution in [2.45, 2.75) is 46.0 Å². The Hall–Kier alpha value is -2.62. The zero-order chi connectivity index (χ0) is 20.1. The zero-order valence-electron chi connectivity index (χ0n) is 17.1. The number of likely N-dealkylation sites (tertiary alicyclic amines) is 1. The van der Waals surface area contributed by atoms with Crippen molar-refractivity contribution in [3.05, 3.63) is 65.2 Å². The van der Waals surface area contributed by atoms with Gasteiger partial charge in [0.2, 0.25) is 11.8 Å². The molecule has 0 unspecified atom stereocenters. The molecular formula is C24H30N2O2. The largest absolute Gasteiger partial charge is 0.342 e. The summed E-state index contributed by atoms with van der Waals surface area (Å²) >= 11 is 0. The summed E-state index contributed by atoms with van der Waals surface area (Å²) in [5, 5.41) is 3.03. The summed E-state index contributed by atoms with van der Waals surface area (Å²) in [6, 6.07) is 16.1. The fourth-order valence-corrected chi connectivity index (χ4v) is 3.67. The third-order valence-corrected chi connectivity index (χ3v) is 5.67. The minimum atomic E-state index is -0.0349. The van der Waals surface area contributed by atoms with Gasteiger partial charge in [0.1, 0.15) is 0 Å². The summed E-state index contributed by atoms with van der Waals surface area (Å²) < 4.78 is 0. The smallest absolute Gasteiger partial charge is 0.227 e. The van der Waals surface area contributed by atoms with Crippen LogP contribution in [0.4, 0.5) is 5.69 Å². The number of nitrogens with zero attached hydrogens (tertiary/aromatic N) is 1. The fourth-order valence-electron chi connectivity index (χ4n) is 3.67. The Morgan fingerprint density at radius 2 is 1.68 bits per heavy atom. The van der Waals surface area contributed by atoms with Crippen molar-refractivity contribution in [2.75, 3.05) is 18.4 Å². The summed E-state index contributed by atoms with van der Waals surface area (Å²) in [7, 11) is 0. The normalized spacial score (nSPS) is 14.9. The molecule has 0 atom stereocenters. The molecule has 1 aliphatic rings. The van der Waals surface area contributed by atoms with E-state index in [1.165, 1.54) is 5.56 Å². The quantitative estimate of drug-likeness (QED) is 0.830. The number of carbonyl (C=O) groups excluding carboxylic acids is 2. The third-order valence-electron chi connectivity index (χ3n) is 5.67. The lowest BCUT2D eigenvalue weighted by Crippen LogP contribution is -2.42. The van der Waals surface area contributed by atoms with Crippen molar-refractivity contribution in [2.24, 2.45) is 5.92 Å². The maximum atomic E-state index is 12.6. The highest BCUT2D eigenvalue weighted by Crippen LogP contribution is 2.22. The van der Waals surface area contributed by atoms with E-state index in [1.807, 2.05) is 48.2 Å². The lowest BCUT2D eigenvalue weighted by Gasteiger charge is -2.31. The van der Waals surface area contributed by atoms with Crippen molar-refractivity contribution < 1.29 is 9.59 Å². The topological polar surface area (TPSA) is 49.4 Å². The summed E-state index contributed by atoms with van der Waals surface area (Å²) in [6.07, 6.45) is 1.87. The minimum Gasteiger partial charge on any atom is -0.342 e. The van der Waals surface area contributed by atoms with Crippen LogP contribution in [0.2, 0.25) is 0 Å². The van der Waals surface area contributed by atoms with Gasteiger partial charge in [-0.2, -0.15) is 0 Å². The number of hydrogen-bond donors (Lipinski definition) is 1. The minimum absolute atomic E-state index is 0.0349. The van der Waals surface area contributed by atoms with E-state index in [1.54, 1.807) is 0 Å². The molecule has 4 nitrogen and oxygen atoms in total. The van der Waals surface area contributed by atoms with Crippen LogP contribution in [0.15, 0.2) is 48.5 Å². The zero-order valence-corrected chi connectivity index (χ0v) is 17.1. The highest BCUT2D eigenvalue weighted by molar-refractivity contribution is 5.92. The Morgan fingerprint density at radius 3 is 2.29 bits per heavy atom. The molecule has 2 aromatic carbocycles. The molecule has 2 aromatic rings. The third kappa shape index (κ3) is 5.00. The molecule has 4 heteroatoms. The van der Waals surface area contributed by atoms with Crippen LogP contribution < -0.4 is 5.32 Å². The molecule has 0 radical (unpaired) electrons. The maximum absolute atomic E-state index is 12.6. The average molecular weight is 379 g/mol. The molecule has 0 saturated carbocycles. The first-order valence-electron chi connectivity index (χ1n) is 10.2. The maximum Gasteiger partial charge on any atom is 0.227 e. The van der Waals surface area contributed by atoms with Gasteiger partial charge in [-0.25, -0.2) is 0 Å². The Kier molecular flexibility index (Phi) is 6.50. The van der Waals surface area contributed by atoms with Gasteiger partial charge in [0.05, 0.1) is 6.42 Å². The van der Waals surface area contributed by atoms with Gasteiger partial charge in [-0.3, -0.25) is 9.59 Å². The van der Waals surface area contributed by atoms with Gasteiger partial charge in [-0.15, -0.1) is 0 Å². The summed E-state index contributed by atoms with van der Waals surface area (Å²) in [5.74, 6) is 0.652. The van der Waals surface area contributed by atoms with Crippen LogP contribution >= 0.6 is 0 Å². The highest BCUT2D eigenvalue weighted by atomic mass is 16.2. The van der Waals surface area contributed by atoms with Gasteiger partial charge in [0.25, 0.3) is 0 Å². The number of nitrogens with one attached hydrogen (secondary N) is 1. The molecule has 1 N–H and O–H groups in total. The number of amides is 2. The second kappa shape index (κ2) is 9.05. The molecule has 0 aromatic heterocycles. The van der Waals surface area contributed by atoms with E-state index < -0.39 is 0 Å². The molecule has 1 heterocycles. The second-order valence-electron chi connectivity index (χ2n) is 8.02. The van der Waals surface area contributed by atoms with E-state index in [4.69, 9.17) is 0 Å². The van der Waals surface area contributed by atoms with Gasteiger partial charge in [-0.1, -0.05) is 50.2 Å². The molecule has 2 amide bonds. The van der Waals surface area contributed by atoms with Crippen LogP contribution in [-0.2, 0) is 16.0 Å². The van der Waals surface area contributed by atoms with Crippen LogP contribution in [0.1, 0.15) is 49.3 Å². The molecule has 148 valence electrons. The van der Waals surface area contributed by atoms with Gasteiger partial charge >= 0.3 is 0 Å². The molecule has 3 rings (SSSR count). The molecule has 1 saturated heterocycles. The first-order chi connectivity index (χ1) is 13.4. The van der Waals surface area contributed by atoms with Crippen molar-refractivity contribution in [1.29, 1.82) is 0 Å². The SMILES string of the molecule is Cc1ccccc1CC(=O)N1CCC(C(=O)Nc2ccc(C(C)C)cc2)CC1. The van der Waals surface area contributed by atoms with Gasteiger partial charge in [0.15, 0.2) is 0 Å². The van der Waals surface area contributed by atoms with Crippen LogP contribution in [0.3, 0.4) is 0 Å². The Bertz CT molecular complexity index is 819. The van der Waals surface area contributed by atoms with Crippen molar-refractivity contribution in [3.8, 4) is 0 Å². The number of anilines is 1. The molecule has 28 heavy (non-hydrogen) atoms. The average Bonchev–Trinajstić information content (AvgIpc) is 2.70. The Labute approximate surface area is 167 Å². The summed E-state index contributed by atoms with van der Waals surface area (Å²) in [5.41, 5.74) is 4.33. The van der Waals surface area contributed by atoms with Crippen molar-refractivity contribution >= 4 is 17.5 Å². The predicted octanol–water partition coefficient (Wildman–Crippen LogP) is 4.54. The molecular weight excluding hydrogens is 348 g/mol. The number of carbonyl (C=O) groups is 2. The van der Waals surface area contributed by atoms with Crippen LogP contribution in [0.5, 0.6) is 0 Å². The summed E-state index contributed by atoms with van der Waals surface area (Å²) in [4.78, 5) is 27.1. The molecule has 0 spiro atoms. The van der Waals surface area contributed by atoms with Gasteiger partial charge in [0, 0.05) is 24.7 Å². The summed E-state index contributed by atoms with van der Waals surface area (Å²) in [6.45, 7) is 7.64. The Balaban J connectivity index is 1.49. The fraction of sp³-hybridized carbons (Fsp3) is 0.417. The molecule has 0 bridgehead atoms.